The molecule has 4 aliphatic rings. The Morgan fingerprint density at radius 1 is 1.26 bits per heavy atom. The number of rotatable bonds is 5. The molecule has 2 N–H and O–H groups in total. The van der Waals surface area contributed by atoms with E-state index in [1.54, 1.807) is 34.1 Å². The van der Waals surface area contributed by atoms with Gasteiger partial charge in [-0.15, -0.1) is 0 Å². The van der Waals surface area contributed by atoms with Crippen LogP contribution in [0.15, 0.2) is 34.9 Å². The molecule has 5 rings (SSSR count). The molecular weight excluding hydrogens is 460 g/mol. The van der Waals surface area contributed by atoms with Gasteiger partial charge in [0.25, 0.3) is 12.3 Å². The number of hydrazine groups is 1. The summed E-state index contributed by atoms with van der Waals surface area (Å²) >= 11 is 0. The summed E-state index contributed by atoms with van der Waals surface area (Å²) in [4.78, 5) is 19.6. The second-order valence-electron chi connectivity index (χ2n) is 9.21. The Kier molecular flexibility index (Phi) is 6.74. The number of likely N-dealkylation sites (N-methyl/N-ethyl adjacent to an activating group) is 1. The number of aliphatic hydroxyl groups is 1. The molecule has 12 heteroatoms. The van der Waals surface area contributed by atoms with E-state index in [2.05, 4.69) is 15.3 Å². The molecule has 0 unspecified atom stereocenters. The van der Waals surface area contributed by atoms with Gasteiger partial charge < -0.3 is 20.1 Å². The van der Waals surface area contributed by atoms with E-state index in [0.717, 1.165) is 25.7 Å². The number of aromatic nitrogens is 2. The topological polar surface area (TPSA) is 98.5 Å². The minimum Gasteiger partial charge on any atom is -0.396 e. The molecule has 1 saturated carbocycles. The highest BCUT2D eigenvalue weighted by Crippen LogP contribution is 2.39. The molecule has 4 heterocycles. The third-order valence-electron chi connectivity index (χ3n) is 7.15. The molecule has 1 aromatic heterocycles. The maximum absolute atomic E-state index is 14.1. The number of anilines is 1. The number of hydrogen-bond acceptors (Lipinski definition) is 8. The van der Waals surface area contributed by atoms with Crippen molar-refractivity contribution in [3.63, 3.8) is 0 Å². The van der Waals surface area contributed by atoms with Gasteiger partial charge in [0.05, 0.1) is 37.6 Å². The highest BCUT2D eigenvalue weighted by atomic mass is 19.3. The second kappa shape index (κ2) is 9.94. The lowest BCUT2D eigenvalue weighted by atomic mass is 9.87. The summed E-state index contributed by atoms with van der Waals surface area (Å²) < 4.78 is 35.3. The largest absolute Gasteiger partial charge is 0.396 e. The quantitative estimate of drug-likeness (QED) is 0.648. The number of amides is 1. The molecular formula is C23H31F2N7O3. The molecule has 0 aromatic carbocycles. The van der Waals surface area contributed by atoms with Gasteiger partial charge in [-0.25, -0.2) is 18.8 Å². The number of aliphatic imine (C=N–C) groups is 1. The van der Waals surface area contributed by atoms with Gasteiger partial charge in [0.2, 0.25) is 0 Å². The van der Waals surface area contributed by atoms with Crippen molar-refractivity contribution in [2.75, 3.05) is 51.5 Å². The molecule has 0 spiro atoms. The standard InChI is InChI=1S/C23H31F2N7O3/c1-26-23(34)17-12-32(31-7-6-19(27-22(17)31)29-8-10-35-11-9-29)18-13-30(28-20(18)21(24)25)16-4-2-15(14-33)3-5-16/h6-7,13,15-16,21,33H,2-5,8-12,14H2,1H3,(H,26,34). The predicted molar refractivity (Wildman–Crippen MR) is 125 cm³/mol. The van der Waals surface area contributed by atoms with E-state index in [1.807, 2.05) is 6.08 Å². The van der Waals surface area contributed by atoms with Crippen molar-refractivity contribution in [2.24, 2.45) is 10.9 Å². The summed E-state index contributed by atoms with van der Waals surface area (Å²) in [7, 11) is 1.54. The van der Waals surface area contributed by atoms with Crippen LogP contribution in [-0.4, -0.2) is 83.0 Å². The van der Waals surface area contributed by atoms with Crippen LogP contribution >= 0.6 is 0 Å². The SMILES string of the molecule is CNC(=O)C1=C2N=C(N3CCOCC3)C=CN2N(c2cn(C3CCC(CO)CC3)nc2C(F)F)C1. The number of nitrogens with one attached hydrogen (secondary N) is 1. The van der Waals surface area contributed by atoms with Gasteiger partial charge in [-0.05, 0) is 37.7 Å². The van der Waals surface area contributed by atoms with E-state index in [9.17, 15) is 18.7 Å². The Balaban J connectivity index is 1.45. The second-order valence-corrected chi connectivity index (χ2v) is 9.21. The molecule has 0 radical (unpaired) electrons. The summed E-state index contributed by atoms with van der Waals surface area (Å²) in [6.45, 7) is 2.83. The fourth-order valence-electron chi connectivity index (χ4n) is 5.13. The summed E-state index contributed by atoms with van der Waals surface area (Å²) in [6.07, 6.45) is 5.71. The zero-order valence-corrected chi connectivity index (χ0v) is 19.7. The first-order valence-electron chi connectivity index (χ1n) is 12.1. The van der Waals surface area contributed by atoms with E-state index < -0.39 is 6.43 Å². The number of carbonyl (C=O) groups is 1. The third kappa shape index (κ3) is 4.52. The fraction of sp³-hybridized carbons (Fsp3) is 0.609. The minimum absolute atomic E-state index is 0.000310. The molecule has 10 nitrogen and oxygen atoms in total. The number of nitrogens with zero attached hydrogens (tertiary/aromatic N) is 6. The van der Waals surface area contributed by atoms with Crippen LogP contribution in [0.25, 0.3) is 0 Å². The van der Waals surface area contributed by atoms with Gasteiger partial charge in [0, 0.05) is 32.9 Å². The van der Waals surface area contributed by atoms with Gasteiger partial charge in [0.15, 0.2) is 11.5 Å². The lowest BCUT2D eigenvalue weighted by molar-refractivity contribution is -0.117. The van der Waals surface area contributed by atoms with Crippen molar-refractivity contribution in [1.29, 1.82) is 0 Å². The molecule has 1 aliphatic carbocycles. The predicted octanol–water partition coefficient (Wildman–Crippen LogP) is 1.80. The summed E-state index contributed by atoms with van der Waals surface area (Å²) in [6, 6.07) is 0.000310. The van der Waals surface area contributed by atoms with Crippen LogP contribution in [0.3, 0.4) is 0 Å². The van der Waals surface area contributed by atoms with Crippen LogP contribution in [0, 0.1) is 5.92 Å². The molecule has 1 aromatic rings. The fourth-order valence-corrected chi connectivity index (χ4v) is 5.13. The van der Waals surface area contributed by atoms with Crippen molar-refractivity contribution in [1.82, 2.24) is 25.0 Å². The highest BCUT2D eigenvalue weighted by molar-refractivity contribution is 5.99. The van der Waals surface area contributed by atoms with Crippen LogP contribution < -0.4 is 10.3 Å². The molecule has 0 atom stereocenters. The summed E-state index contributed by atoms with van der Waals surface area (Å²) in [5.74, 6) is 1.09. The van der Waals surface area contributed by atoms with Crippen LogP contribution in [0.5, 0.6) is 0 Å². The van der Waals surface area contributed by atoms with Crippen molar-refractivity contribution in [3.05, 3.63) is 35.6 Å². The molecule has 2 fully saturated rings. The number of fused-ring (bicyclic) bond motifs is 1. The van der Waals surface area contributed by atoms with Crippen LogP contribution in [0.4, 0.5) is 14.5 Å². The van der Waals surface area contributed by atoms with Crippen molar-refractivity contribution in [3.8, 4) is 0 Å². The number of carbonyl (C=O) groups excluding carboxylic acids is 1. The minimum atomic E-state index is -2.77. The average molecular weight is 492 g/mol. The van der Waals surface area contributed by atoms with E-state index in [0.29, 0.717) is 43.5 Å². The van der Waals surface area contributed by atoms with Crippen molar-refractivity contribution >= 4 is 17.4 Å². The van der Waals surface area contributed by atoms with Crippen LogP contribution in [0.1, 0.15) is 43.8 Å². The first-order chi connectivity index (χ1) is 17.0. The van der Waals surface area contributed by atoms with Gasteiger partial charge in [0.1, 0.15) is 11.5 Å². The first-order valence-corrected chi connectivity index (χ1v) is 12.1. The third-order valence-corrected chi connectivity index (χ3v) is 7.15. The van der Waals surface area contributed by atoms with E-state index in [4.69, 9.17) is 9.73 Å². The molecule has 190 valence electrons. The number of ether oxygens (including phenoxy) is 1. The number of halogens is 2. The van der Waals surface area contributed by atoms with Crippen molar-refractivity contribution in [2.45, 2.75) is 38.2 Å². The van der Waals surface area contributed by atoms with Gasteiger partial charge in [-0.2, -0.15) is 5.10 Å². The Hall–Kier alpha value is -2.99. The zero-order chi connectivity index (χ0) is 24.5. The highest BCUT2D eigenvalue weighted by Gasteiger charge is 2.38. The Morgan fingerprint density at radius 2 is 2.00 bits per heavy atom. The van der Waals surface area contributed by atoms with Gasteiger partial charge in [-0.1, -0.05) is 0 Å². The molecule has 35 heavy (non-hydrogen) atoms. The number of alkyl halides is 2. The Bertz CT molecular complexity index is 1040. The normalized spacial score (nSPS) is 24.8. The number of morpholine rings is 1. The lowest BCUT2D eigenvalue weighted by Gasteiger charge is -2.34. The smallest absolute Gasteiger partial charge is 0.284 e. The maximum atomic E-state index is 14.1. The van der Waals surface area contributed by atoms with Gasteiger partial charge >= 0.3 is 0 Å². The number of hydrogen-bond donors (Lipinski definition) is 2. The average Bonchev–Trinajstić information content (AvgIpc) is 3.51. The Morgan fingerprint density at radius 3 is 2.66 bits per heavy atom. The van der Waals surface area contributed by atoms with Crippen LogP contribution in [0.2, 0.25) is 0 Å². The van der Waals surface area contributed by atoms with E-state index in [1.165, 1.54) is 0 Å². The molecule has 3 aliphatic heterocycles. The van der Waals surface area contributed by atoms with Crippen molar-refractivity contribution < 1.29 is 23.4 Å². The molecule has 0 bridgehead atoms. The zero-order valence-electron chi connectivity index (χ0n) is 19.7. The monoisotopic (exact) mass is 491 g/mol. The first kappa shape index (κ1) is 23.7. The van der Waals surface area contributed by atoms with E-state index >= 15 is 0 Å². The summed E-state index contributed by atoms with van der Waals surface area (Å²) in [5, 5.41) is 19.6. The maximum Gasteiger partial charge on any atom is 0.284 e. The Labute approximate surface area is 202 Å². The molecule has 1 amide bonds. The van der Waals surface area contributed by atoms with Crippen LogP contribution in [-0.2, 0) is 9.53 Å². The molecule has 1 saturated heterocycles. The van der Waals surface area contributed by atoms with Gasteiger partial charge in [-0.3, -0.25) is 14.5 Å². The lowest BCUT2D eigenvalue weighted by Crippen LogP contribution is -2.42. The number of amidine groups is 1. The summed E-state index contributed by atoms with van der Waals surface area (Å²) in [5.41, 5.74) is 0.345. The number of aliphatic hydroxyl groups excluding tert-OH is 1. The van der Waals surface area contributed by atoms with E-state index in [-0.39, 0.29) is 42.4 Å².